The largest absolute Gasteiger partial charge is 0.297 e. The van der Waals surface area contributed by atoms with Gasteiger partial charge >= 0.3 is 0 Å². The summed E-state index contributed by atoms with van der Waals surface area (Å²) >= 11 is 0. The Hall–Kier alpha value is -1.46. The molecule has 0 spiro atoms. The van der Waals surface area contributed by atoms with E-state index in [0.29, 0.717) is 0 Å². The molecule has 0 atom stereocenters. The van der Waals surface area contributed by atoms with Gasteiger partial charge in [-0.25, -0.2) is 8.42 Å². The van der Waals surface area contributed by atoms with Crippen LogP contribution in [0.5, 0.6) is 0 Å². The van der Waals surface area contributed by atoms with Crippen LogP contribution >= 0.6 is 10.7 Å². The minimum Gasteiger partial charge on any atom is -0.297 e. The number of hydrogen-bond donors (Lipinski definition) is 1. The van der Waals surface area contributed by atoms with E-state index in [2.05, 4.69) is 0 Å². The quantitative estimate of drug-likeness (QED) is 0.806. The highest BCUT2D eigenvalue weighted by atomic mass is 35.7. The molecule has 2 rings (SSSR count). The molecule has 0 amide bonds. The first kappa shape index (κ1) is 14.6. The first-order chi connectivity index (χ1) is 8.41. The van der Waals surface area contributed by atoms with Crippen molar-refractivity contribution in [2.24, 2.45) is 0 Å². The molecule has 1 aliphatic rings. The summed E-state index contributed by atoms with van der Waals surface area (Å²) in [5.41, 5.74) is 0.268. The molecule has 0 saturated carbocycles. The van der Waals surface area contributed by atoms with Gasteiger partial charge in [0.15, 0.2) is 0 Å². The summed E-state index contributed by atoms with van der Waals surface area (Å²) in [5.74, 6) is -0.500. The predicted octanol–water partition coefficient (Wildman–Crippen LogP) is 2.87. The Morgan fingerprint density at radius 3 is 2.33 bits per heavy atom. The SMILES string of the molecule is CC.N=C1C=Cc2c(cccc2S(=O)(=O)Cl)C1=O. The Morgan fingerprint density at radius 1 is 1.17 bits per heavy atom. The lowest BCUT2D eigenvalue weighted by molar-refractivity contribution is 0.106. The molecule has 1 aliphatic carbocycles. The first-order valence-corrected chi connectivity index (χ1v) is 7.61. The molecule has 0 saturated heterocycles. The van der Waals surface area contributed by atoms with Gasteiger partial charge < -0.3 is 0 Å². The van der Waals surface area contributed by atoms with Crippen molar-refractivity contribution in [3.05, 3.63) is 35.4 Å². The monoisotopic (exact) mass is 285 g/mol. The van der Waals surface area contributed by atoms with Crippen LogP contribution in [-0.2, 0) is 9.05 Å². The average Bonchev–Trinajstić information content (AvgIpc) is 2.35. The smallest absolute Gasteiger partial charge is 0.261 e. The lowest BCUT2D eigenvalue weighted by Gasteiger charge is -2.12. The Balaban J connectivity index is 0.000000771. The van der Waals surface area contributed by atoms with Crippen LogP contribution in [0.4, 0.5) is 0 Å². The Kier molecular flexibility index (Phi) is 4.43. The lowest BCUT2D eigenvalue weighted by atomic mass is 9.95. The summed E-state index contributed by atoms with van der Waals surface area (Å²) in [4.78, 5) is 11.5. The summed E-state index contributed by atoms with van der Waals surface area (Å²) in [6, 6.07) is 4.23. The number of benzene rings is 1. The van der Waals surface area contributed by atoms with Crippen LogP contribution in [-0.4, -0.2) is 19.9 Å². The molecular weight excluding hydrogens is 274 g/mol. The summed E-state index contributed by atoms with van der Waals surface area (Å²) in [5, 5.41) is 7.33. The third kappa shape index (κ3) is 2.68. The molecule has 1 N–H and O–H groups in total. The maximum Gasteiger partial charge on any atom is 0.261 e. The second-order valence-corrected chi connectivity index (χ2v) is 5.77. The summed E-state index contributed by atoms with van der Waals surface area (Å²) < 4.78 is 22.5. The van der Waals surface area contributed by atoms with Crippen LogP contribution in [0.25, 0.3) is 6.08 Å². The zero-order chi connectivity index (χ0) is 13.9. The number of carbonyl (C=O) groups excluding carboxylic acids is 1. The molecule has 6 heteroatoms. The summed E-state index contributed by atoms with van der Waals surface area (Å²) in [7, 11) is 1.37. The number of allylic oxidation sites excluding steroid dienone is 1. The molecule has 0 radical (unpaired) electrons. The van der Waals surface area contributed by atoms with E-state index in [4.69, 9.17) is 16.1 Å². The second kappa shape index (κ2) is 5.46. The fraction of sp³-hybridized carbons (Fsp3) is 0.167. The van der Waals surface area contributed by atoms with E-state index >= 15 is 0 Å². The number of rotatable bonds is 1. The van der Waals surface area contributed by atoms with Crippen molar-refractivity contribution in [1.82, 2.24) is 0 Å². The zero-order valence-electron chi connectivity index (χ0n) is 9.90. The fourth-order valence-electron chi connectivity index (χ4n) is 1.51. The molecule has 0 bridgehead atoms. The third-order valence-electron chi connectivity index (χ3n) is 2.23. The van der Waals surface area contributed by atoms with Crippen molar-refractivity contribution >= 4 is 37.3 Å². The summed E-state index contributed by atoms with van der Waals surface area (Å²) in [6.07, 6.45) is 2.67. The third-order valence-corrected chi connectivity index (χ3v) is 3.61. The minimum atomic E-state index is -3.89. The lowest BCUT2D eigenvalue weighted by Crippen LogP contribution is -2.16. The highest BCUT2D eigenvalue weighted by Crippen LogP contribution is 2.27. The number of nitrogens with one attached hydrogen (secondary N) is 1. The van der Waals surface area contributed by atoms with Gasteiger partial charge in [-0.2, -0.15) is 0 Å². The zero-order valence-corrected chi connectivity index (χ0v) is 11.5. The number of hydrogen-bond acceptors (Lipinski definition) is 4. The highest BCUT2D eigenvalue weighted by molar-refractivity contribution is 8.13. The highest BCUT2D eigenvalue weighted by Gasteiger charge is 2.24. The van der Waals surface area contributed by atoms with Crippen molar-refractivity contribution in [3.8, 4) is 0 Å². The Bertz CT molecular complexity index is 633. The number of halogens is 1. The molecular formula is C12H12ClNO3S. The van der Waals surface area contributed by atoms with E-state index in [1.807, 2.05) is 13.8 Å². The van der Waals surface area contributed by atoms with E-state index in [0.717, 1.165) is 0 Å². The number of fused-ring (bicyclic) bond motifs is 1. The van der Waals surface area contributed by atoms with E-state index in [9.17, 15) is 13.2 Å². The molecule has 0 heterocycles. The van der Waals surface area contributed by atoms with Gasteiger partial charge in [-0.15, -0.1) is 0 Å². The van der Waals surface area contributed by atoms with Crippen LogP contribution in [0, 0.1) is 5.41 Å². The maximum atomic E-state index is 11.6. The molecule has 0 aliphatic heterocycles. The van der Waals surface area contributed by atoms with Crippen molar-refractivity contribution in [2.75, 3.05) is 0 Å². The van der Waals surface area contributed by atoms with Gasteiger partial charge in [-0.1, -0.05) is 32.1 Å². The standard InChI is InChI=1S/C10H6ClNO3S.C2H6/c11-16(14,15)9-3-1-2-7-6(9)4-5-8(12)10(7)13;1-2/h1-5,12H;1-2H3. The van der Waals surface area contributed by atoms with Crippen molar-refractivity contribution in [2.45, 2.75) is 18.7 Å². The first-order valence-electron chi connectivity index (χ1n) is 5.30. The van der Waals surface area contributed by atoms with Crippen molar-refractivity contribution in [1.29, 1.82) is 5.41 Å². The molecule has 96 valence electrons. The van der Waals surface area contributed by atoms with E-state index in [1.54, 1.807) is 0 Å². The fourth-order valence-corrected chi connectivity index (χ4v) is 2.60. The molecule has 4 nitrogen and oxygen atoms in total. The van der Waals surface area contributed by atoms with Crippen LogP contribution in [0.1, 0.15) is 29.8 Å². The molecule has 0 fully saturated rings. The topological polar surface area (TPSA) is 75.1 Å². The molecule has 0 unspecified atom stereocenters. The second-order valence-electron chi connectivity index (χ2n) is 3.23. The normalized spacial score (nSPS) is 13.7. The van der Waals surface area contributed by atoms with E-state index < -0.39 is 14.8 Å². The van der Waals surface area contributed by atoms with Gasteiger partial charge in [0.25, 0.3) is 9.05 Å². The van der Waals surface area contributed by atoms with Crippen LogP contribution in [0.3, 0.4) is 0 Å². The predicted molar refractivity (Wildman–Crippen MR) is 71.9 cm³/mol. The molecule has 18 heavy (non-hydrogen) atoms. The minimum absolute atomic E-state index is 0.108. The van der Waals surface area contributed by atoms with Gasteiger partial charge in [-0.3, -0.25) is 10.2 Å². The number of carbonyl (C=O) groups is 1. The van der Waals surface area contributed by atoms with Gasteiger partial charge in [0.1, 0.15) is 5.71 Å². The summed E-state index contributed by atoms with van der Waals surface area (Å²) in [6.45, 7) is 4.00. The molecule has 0 aromatic heterocycles. The van der Waals surface area contributed by atoms with Crippen molar-refractivity contribution in [3.63, 3.8) is 0 Å². The van der Waals surface area contributed by atoms with Gasteiger partial charge in [0.05, 0.1) is 4.90 Å². The van der Waals surface area contributed by atoms with E-state index in [-0.39, 0.29) is 21.7 Å². The van der Waals surface area contributed by atoms with Crippen molar-refractivity contribution < 1.29 is 13.2 Å². The van der Waals surface area contributed by atoms with Gasteiger partial charge in [-0.05, 0) is 12.1 Å². The Labute approximate surface area is 110 Å². The molecule has 1 aromatic carbocycles. The number of Topliss-reactive ketones (excluding diaryl/α,β-unsaturated/α-hetero) is 1. The van der Waals surface area contributed by atoms with Crippen LogP contribution < -0.4 is 0 Å². The van der Waals surface area contributed by atoms with Crippen LogP contribution in [0.15, 0.2) is 29.2 Å². The molecule has 1 aromatic rings. The average molecular weight is 286 g/mol. The number of ketones is 1. The van der Waals surface area contributed by atoms with Gasteiger partial charge in [0, 0.05) is 21.8 Å². The maximum absolute atomic E-state index is 11.6. The Morgan fingerprint density at radius 2 is 1.78 bits per heavy atom. The van der Waals surface area contributed by atoms with Crippen LogP contribution in [0.2, 0.25) is 0 Å². The van der Waals surface area contributed by atoms with Gasteiger partial charge in [0.2, 0.25) is 5.78 Å². The van der Waals surface area contributed by atoms with E-state index in [1.165, 1.54) is 30.4 Å².